The van der Waals surface area contributed by atoms with E-state index in [1.165, 1.54) is 10.9 Å². The molecule has 0 aliphatic heterocycles. The average Bonchev–Trinajstić information content (AvgIpc) is 2.87. The molecule has 7 heteroatoms. The number of aldehydes is 1. The van der Waals surface area contributed by atoms with Crippen LogP contribution < -0.4 is 0 Å². The number of carbonyl (C=O) groups excluding carboxylic acids is 1. The standard InChI is InChI=1S/C9H11N5O2/c1-6(2)9-10-8(16-12-9)4-14-3-7(5-15)11-13-14/h3,5-6H,4H2,1-2H3. The molecule has 0 spiro atoms. The highest BCUT2D eigenvalue weighted by atomic mass is 16.5. The molecule has 0 amide bonds. The van der Waals surface area contributed by atoms with Crippen molar-refractivity contribution in [3.63, 3.8) is 0 Å². The summed E-state index contributed by atoms with van der Waals surface area (Å²) in [6.07, 6.45) is 2.16. The number of carbonyl (C=O) groups is 1. The molecular formula is C9H11N5O2. The highest BCUT2D eigenvalue weighted by Crippen LogP contribution is 2.10. The number of rotatable bonds is 4. The molecule has 0 unspecified atom stereocenters. The summed E-state index contributed by atoms with van der Waals surface area (Å²) in [6, 6.07) is 0. The van der Waals surface area contributed by atoms with Gasteiger partial charge in [0.1, 0.15) is 12.2 Å². The molecule has 0 fully saturated rings. The molecule has 84 valence electrons. The third kappa shape index (κ3) is 2.13. The first-order chi connectivity index (χ1) is 7.69. The van der Waals surface area contributed by atoms with Crippen LogP contribution in [0.5, 0.6) is 0 Å². The molecule has 2 aromatic heterocycles. The van der Waals surface area contributed by atoms with Crippen molar-refractivity contribution in [2.45, 2.75) is 26.3 Å². The zero-order valence-electron chi connectivity index (χ0n) is 8.99. The first kappa shape index (κ1) is 10.5. The first-order valence-electron chi connectivity index (χ1n) is 4.87. The molecule has 2 heterocycles. The summed E-state index contributed by atoms with van der Waals surface area (Å²) in [7, 11) is 0. The second kappa shape index (κ2) is 4.21. The first-order valence-corrected chi connectivity index (χ1v) is 4.87. The lowest BCUT2D eigenvalue weighted by molar-refractivity contribution is 0.111. The van der Waals surface area contributed by atoms with Crippen LogP contribution in [0.4, 0.5) is 0 Å². The van der Waals surface area contributed by atoms with Gasteiger partial charge in [-0.2, -0.15) is 4.98 Å². The van der Waals surface area contributed by atoms with Gasteiger partial charge in [0.2, 0.25) is 5.89 Å². The Hall–Kier alpha value is -2.05. The number of hydrogen-bond acceptors (Lipinski definition) is 6. The molecule has 0 aliphatic carbocycles. The molecule has 0 aliphatic rings. The Balaban J connectivity index is 2.11. The van der Waals surface area contributed by atoms with E-state index >= 15 is 0 Å². The van der Waals surface area contributed by atoms with Gasteiger partial charge in [0, 0.05) is 5.92 Å². The van der Waals surface area contributed by atoms with E-state index in [1.807, 2.05) is 13.8 Å². The minimum absolute atomic E-state index is 0.221. The van der Waals surface area contributed by atoms with Crippen LogP contribution in [-0.4, -0.2) is 31.4 Å². The molecule has 0 radical (unpaired) electrons. The Morgan fingerprint density at radius 3 is 2.94 bits per heavy atom. The predicted octanol–water partition coefficient (Wildman–Crippen LogP) is 0.645. The molecule has 16 heavy (non-hydrogen) atoms. The number of hydrogen-bond donors (Lipinski definition) is 0. The SMILES string of the molecule is CC(C)c1noc(Cn2cc(C=O)nn2)n1. The third-order valence-corrected chi connectivity index (χ3v) is 1.97. The van der Waals surface area contributed by atoms with Gasteiger partial charge in [0.15, 0.2) is 12.1 Å². The molecule has 0 aromatic carbocycles. The summed E-state index contributed by atoms with van der Waals surface area (Å²) in [5, 5.41) is 11.2. The Labute approximate surface area is 91.5 Å². The summed E-state index contributed by atoms with van der Waals surface area (Å²) in [6.45, 7) is 4.28. The van der Waals surface area contributed by atoms with Crippen molar-refractivity contribution in [2.24, 2.45) is 0 Å². The van der Waals surface area contributed by atoms with E-state index in [4.69, 9.17) is 4.52 Å². The fourth-order valence-electron chi connectivity index (χ4n) is 1.15. The fraction of sp³-hybridized carbons (Fsp3) is 0.444. The fourth-order valence-corrected chi connectivity index (χ4v) is 1.15. The van der Waals surface area contributed by atoms with Crippen molar-refractivity contribution in [2.75, 3.05) is 0 Å². The van der Waals surface area contributed by atoms with Crippen LogP contribution in [0.2, 0.25) is 0 Å². The van der Waals surface area contributed by atoms with Gasteiger partial charge in [-0.25, -0.2) is 4.68 Å². The minimum atomic E-state index is 0.221. The molecule has 2 aromatic rings. The smallest absolute Gasteiger partial charge is 0.248 e. The maximum Gasteiger partial charge on any atom is 0.248 e. The molecular weight excluding hydrogens is 210 g/mol. The van der Waals surface area contributed by atoms with E-state index in [0.717, 1.165) is 0 Å². The monoisotopic (exact) mass is 221 g/mol. The summed E-state index contributed by atoms with van der Waals surface area (Å²) < 4.78 is 6.51. The quantitative estimate of drug-likeness (QED) is 0.704. The molecule has 0 saturated carbocycles. The highest BCUT2D eigenvalue weighted by Gasteiger charge is 2.10. The Bertz CT molecular complexity index is 488. The van der Waals surface area contributed by atoms with Gasteiger partial charge < -0.3 is 4.52 Å². The molecule has 0 atom stereocenters. The van der Waals surface area contributed by atoms with E-state index < -0.39 is 0 Å². The lowest BCUT2D eigenvalue weighted by atomic mass is 10.2. The van der Waals surface area contributed by atoms with Crippen molar-refractivity contribution in [1.82, 2.24) is 25.1 Å². The highest BCUT2D eigenvalue weighted by molar-refractivity contribution is 5.70. The second-order valence-electron chi connectivity index (χ2n) is 3.66. The van der Waals surface area contributed by atoms with E-state index in [1.54, 1.807) is 0 Å². The van der Waals surface area contributed by atoms with E-state index in [2.05, 4.69) is 20.5 Å². The maximum absolute atomic E-state index is 10.4. The number of nitrogens with zero attached hydrogens (tertiary/aromatic N) is 5. The molecule has 7 nitrogen and oxygen atoms in total. The second-order valence-corrected chi connectivity index (χ2v) is 3.66. The van der Waals surface area contributed by atoms with Gasteiger partial charge in [0.05, 0.1) is 6.20 Å². The van der Waals surface area contributed by atoms with Crippen LogP contribution in [0.25, 0.3) is 0 Å². The predicted molar refractivity (Wildman–Crippen MR) is 52.9 cm³/mol. The van der Waals surface area contributed by atoms with Crippen molar-refractivity contribution in [1.29, 1.82) is 0 Å². The summed E-state index contributed by atoms with van der Waals surface area (Å²) in [5.41, 5.74) is 0.281. The Kier molecular flexibility index (Phi) is 2.76. The van der Waals surface area contributed by atoms with Gasteiger partial charge in [-0.05, 0) is 0 Å². The van der Waals surface area contributed by atoms with E-state index in [-0.39, 0.29) is 11.6 Å². The van der Waals surface area contributed by atoms with Crippen LogP contribution in [0.3, 0.4) is 0 Å². The van der Waals surface area contributed by atoms with Crippen molar-refractivity contribution in [3.05, 3.63) is 23.6 Å². The number of aromatic nitrogens is 5. The van der Waals surface area contributed by atoms with E-state index in [0.29, 0.717) is 24.5 Å². The van der Waals surface area contributed by atoms with Crippen molar-refractivity contribution >= 4 is 6.29 Å². The van der Waals surface area contributed by atoms with Crippen molar-refractivity contribution in [3.8, 4) is 0 Å². The molecule has 0 saturated heterocycles. The van der Waals surface area contributed by atoms with Crippen molar-refractivity contribution < 1.29 is 9.32 Å². The normalized spacial score (nSPS) is 10.9. The molecule has 0 N–H and O–H groups in total. The third-order valence-electron chi connectivity index (χ3n) is 1.97. The topological polar surface area (TPSA) is 86.7 Å². The minimum Gasteiger partial charge on any atom is -0.337 e. The van der Waals surface area contributed by atoms with Crippen LogP contribution >= 0.6 is 0 Å². The maximum atomic E-state index is 10.4. The van der Waals surface area contributed by atoms with Gasteiger partial charge >= 0.3 is 0 Å². The summed E-state index contributed by atoms with van der Waals surface area (Å²) in [5.74, 6) is 1.33. The lowest BCUT2D eigenvalue weighted by Gasteiger charge is -1.93. The summed E-state index contributed by atoms with van der Waals surface area (Å²) >= 11 is 0. The van der Waals surface area contributed by atoms with Crippen LogP contribution in [0.15, 0.2) is 10.7 Å². The van der Waals surface area contributed by atoms with Crippen LogP contribution in [-0.2, 0) is 6.54 Å². The van der Waals surface area contributed by atoms with Gasteiger partial charge in [0.25, 0.3) is 0 Å². The molecule has 0 bridgehead atoms. The van der Waals surface area contributed by atoms with Gasteiger partial charge in [-0.3, -0.25) is 4.79 Å². The van der Waals surface area contributed by atoms with Crippen LogP contribution in [0, 0.1) is 0 Å². The average molecular weight is 221 g/mol. The summed E-state index contributed by atoms with van der Waals surface area (Å²) in [4.78, 5) is 14.6. The lowest BCUT2D eigenvalue weighted by Crippen LogP contribution is -2.01. The zero-order chi connectivity index (χ0) is 11.5. The zero-order valence-corrected chi connectivity index (χ0v) is 8.99. The van der Waals surface area contributed by atoms with Crippen LogP contribution in [0.1, 0.15) is 42.0 Å². The van der Waals surface area contributed by atoms with Gasteiger partial charge in [-0.15, -0.1) is 5.10 Å². The Morgan fingerprint density at radius 1 is 1.56 bits per heavy atom. The van der Waals surface area contributed by atoms with Gasteiger partial charge in [-0.1, -0.05) is 24.2 Å². The molecule has 2 rings (SSSR count). The Morgan fingerprint density at radius 2 is 2.38 bits per heavy atom. The largest absolute Gasteiger partial charge is 0.337 e. The van der Waals surface area contributed by atoms with E-state index in [9.17, 15) is 4.79 Å².